The van der Waals surface area contributed by atoms with Crippen molar-refractivity contribution in [2.24, 2.45) is 5.92 Å². The first-order valence-electron chi connectivity index (χ1n) is 12.1. The summed E-state index contributed by atoms with van der Waals surface area (Å²) < 4.78 is 37.0. The lowest BCUT2D eigenvalue weighted by molar-refractivity contribution is -0.140. The highest BCUT2D eigenvalue weighted by Crippen LogP contribution is 2.36. The molecule has 3 rings (SSSR count). The van der Waals surface area contributed by atoms with Gasteiger partial charge in [0, 0.05) is 37.1 Å². The zero-order chi connectivity index (χ0) is 27.2. The quantitative estimate of drug-likeness (QED) is 0.430. The lowest BCUT2D eigenvalue weighted by Gasteiger charge is -2.30. The third-order valence-electron chi connectivity index (χ3n) is 5.95. The van der Waals surface area contributed by atoms with E-state index in [9.17, 15) is 18.0 Å². The van der Waals surface area contributed by atoms with Gasteiger partial charge in [-0.1, -0.05) is 43.6 Å². The number of nitrogens with one attached hydrogen (secondary N) is 1. The molecule has 37 heavy (non-hydrogen) atoms. The number of fused-ring (bicyclic) bond motifs is 1. The second-order valence-corrected chi connectivity index (χ2v) is 11.7. The number of benzene rings is 2. The Hall–Kier alpha value is -2.98. The van der Waals surface area contributed by atoms with Crippen LogP contribution in [0.25, 0.3) is 0 Å². The van der Waals surface area contributed by atoms with Gasteiger partial charge in [-0.15, -0.1) is 0 Å². The van der Waals surface area contributed by atoms with Crippen LogP contribution in [0, 0.1) is 5.92 Å². The lowest BCUT2D eigenvalue weighted by Crippen LogP contribution is -2.48. The van der Waals surface area contributed by atoms with Gasteiger partial charge >= 0.3 is 0 Å². The van der Waals surface area contributed by atoms with Crippen LogP contribution < -0.4 is 19.1 Å². The SMILES string of the molecule is CC(C)CNC(=O)C(C)N(Cc1ccccc1Cl)C(=O)CCCN(c1ccc2c(c1)OCO2)S(C)(=O)=O. The van der Waals surface area contributed by atoms with Crippen molar-refractivity contribution in [2.45, 2.75) is 46.2 Å². The van der Waals surface area contributed by atoms with Crippen molar-refractivity contribution in [3.8, 4) is 11.5 Å². The molecule has 0 bridgehead atoms. The molecule has 1 heterocycles. The maximum absolute atomic E-state index is 13.4. The van der Waals surface area contributed by atoms with Gasteiger partial charge in [-0.2, -0.15) is 0 Å². The van der Waals surface area contributed by atoms with Crippen molar-refractivity contribution in [3.05, 3.63) is 53.1 Å². The highest BCUT2D eigenvalue weighted by molar-refractivity contribution is 7.92. The summed E-state index contributed by atoms with van der Waals surface area (Å²) in [5.41, 5.74) is 1.15. The molecule has 0 fully saturated rings. The predicted molar refractivity (Wildman–Crippen MR) is 143 cm³/mol. The second kappa shape index (κ2) is 12.5. The number of hydrogen-bond donors (Lipinski definition) is 1. The number of rotatable bonds is 12. The van der Waals surface area contributed by atoms with Gasteiger partial charge in [-0.05, 0) is 43.0 Å². The molecular formula is C26H34ClN3O6S. The maximum Gasteiger partial charge on any atom is 0.242 e. The summed E-state index contributed by atoms with van der Waals surface area (Å²) in [7, 11) is -3.62. The number of ether oxygens (including phenoxy) is 2. The van der Waals surface area contributed by atoms with Crippen LogP contribution in [0.1, 0.15) is 39.2 Å². The summed E-state index contributed by atoms with van der Waals surface area (Å²) in [5.74, 6) is 0.752. The molecule has 2 amide bonds. The minimum absolute atomic E-state index is 0.0445. The molecule has 1 aliphatic rings. The van der Waals surface area contributed by atoms with Crippen LogP contribution in [-0.4, -0.2) is 57.3 Å². The first-order chi connectivity index (χ1) is 17.5. The summed E-state index contributed by atoms with van der Waals surface area (Å²) in [6.45, 7) is 6.48. The van der Waals surface area contributed by atoms with Crippen LogP contribution in [0.2, 0.25) is 5.02 Å². The van der Waals surface area contributed by atoms with E-state index in [2.05, 4.69) is 5.32 Å². The second-order valence-electron chi connectivity index (χ2n) is 9.40. The van der Waals surface area contributed by atoms with E-state index in [1.165, 1.54) is 9.21 Å². The normalized spacial score (nSPS) is 13.4. The first-order valence-corrected chi connectivity index (χ1v) is 14.4. The van der Waals surface area contributed by atoms with Crippen molar-refractivity contribution in [2.75, 3.05) is 30.4 Å². The van der Waals surface area contributed by atoms with E-state index < -0.39 is 16.1 Å². The van der Waals surface area contributed by atoms with E-state index in [-0.39, 0.29) is 50.5 Å². The van der Waals surface area contributed by atoms with Crippen LogP contribution >= 0.6 is 11.6 Å². The predicted octanol–water partition coefficient (Wildman–Crippen LogP) is 3.80. The maximum atomic E-state index is 13.4. The Balaban J connectivity index is 1.73. The molecule has 202 valence electrons. The van der Waals surface area contributed by atoms with E-state index in [1.807, 2.05) is 26.0 Å². The molecule has 1 N–H and O–H groups in total. The van der Waals surface area contributed by atoms with E-state index in [0.29, 0.717) is 28.8 Å². The number of anilines is 1. The van der Waals surface area contributed by atoms with Gasteiger partial charge in [-0.3, -0.25) is 13.9 Å². The molecule has 0 radical (unpaired) electrons. The molecule has 2 aromatic carbocycles. The van der Waals surface area contributed by atoms with Crippen LogP contribution in [0.5, 0.6) is 11.5 Å². The Kier molecular flexibility index (Phi) is 9.67. The van der Waals surface area contributed by atoms with Gasteiger partial charge < -0.3 is 19.7 Å². The van der Waals surface area contributed by atoms with Crippen molar-refractivity contribution in [3.63, 3.8) is 0 Å². The standard InChI is InChI=1S/C26H34ClN3O6S/c1-18(2)15-28-26(32)19(3)29(16-20-8-5-6-9-22(20)27)25(31)10-7-13-30(37(4,33)34)21-11-12-23-24(14-21)36-17-35-23/h5-6,8-9,11-12,14,18-19H,7,10,13,15-17H2,1-4H3,(H,28,32). The fraction of sp³-hybridized carbons (Fsp3) is 0.462. The Bertz CT molecular complexity index is 1220. The summed E-state index contributed by atoms with van der Waals surface area (Å²) in [4.78, 5) is 27.7. The minimum Gasteiger partial charge on any atom is -0.454 e. The first kappa shape index (κ1) is 28.6. The highest BCUT2D eigenvalue weighted by atomic mass is 35.5. The van der Waals surface area contributed by atoms with E-state index in [1.54, 1.807) is 37.3 Å². The van der Waals surface area contributed by atoms with Crippen molar-refractivity contribution in [1.29, 1.82) is 0 Å². The van der Waals surface area contributed by atoms with Crippen molar-refractivity contribution < 1.29 is 27.5 Å². The average molecular weight is 552 g/mol. The fourth-order valence-electron chi connectivity index (χ4n) is 3.89. The van der Waals surface area contributed by atoms with E-state index in [4.69, 9.17) is 21.1 Å². The molecule has 0 saturated heterocycles. The van der Waals surface area contributed by atoms with Crippen molar-refractivity contribution in [1.82, 2.24) is 10.2 Å². The summed E-state index contributed by atoms with van der Waals surface area (Å²) in [5, 5.41) is 3.38. The molecule has 2 aromatic rings. The summed E-state index contributed by atoms with van der Waals surface area (Å²) >= 11 is 6.33. The number of amides is 2. The third kappa shape index (κ3) is 7.75. The Morgan fingerprint density at radius 2 is 1.78 bits per heavy atom. The Labute approximate surface area is 223 Å². The zero-order valence-electron chi connectivity index (χ0n) is 21.6. The smallest absolute Gasteiger partial charge is 0.242 e. The van der Waals surface area contributed by atoms with E-state index in [0.717, 1.165) is 11.8 Å². The van der Waals surface area contributed by atoms with Crippen LogP contribution in [0.3, 0.4) is 0 Å². The molecule has 0 aliphatic carbocycles. The lowest BCUT2D eigenvalue weighted by atomic mass is 10.1. The number of carbonyl (C=O) groups excluding carboxylic acids is 2. The molecule has 0 spiro atoms. The molecular weight excluding hydrogens is 518 g/mol. The van der Waals surface area contributed by atoms with Gasteiger partial charge in [0.2, 0.25) is 28.6 Å². The van der Waals surface area contributed by atoms with Gasteiger partial charge in [0.25, 0.3) is 0 Å². The van der Waals surface area contributed by atoms with Crippen LogP contribution in [0.4, 0.5) is 5.69 Å². The molecule has 1 aliphatic heterocycles. The zero-order valence-corrected chi connectivity index (χ0v) is 23.1. The van der Waals surface area contributed by atoms with Crippen molar-refractivity contribution >= 4 is 39.1 Å². The van der Waals surface area contributed by atoms with Gasteiger partial charge in [0.15, 0.2) is 11.5 Å². The fourth-order valence-corrected chi connectivity index (χ4v) is 5.04. The van der Waals surface area contributed by atoms with Gasteiger partial charge in [0.05, 0.1) is 11.9 Å². The molecule has 11 heteroatoms. The number of halogens is 1. The van der Waals surface area contributed by atoms with E-state index >= 15 is 0 Å². The monoisotopic (exact) mass is 551 g/mol. The summed E-state index contributed by atoms with van der Waals surface area (Å²) in [6.07, 6.45) is 1.41. The summed E-state index contributed by atoms with van der Waals surface area (Å²) in [6, 6.07) is 11.3. The third-order valence-corrected chi connectivity index (χ3v) is 7.51. The van der Waals surface area contributed by atoms with Gasteiger partial charge in [0.1, 0.15) is 6.04 Å². The number of nitrogens with zero attached hydrogens (tertiary/aromatic N) is 2. The van der Waals surface area contributed by atoms with Crippen LogP contribution in [-0.2, 0) is 26.2 Å². The topological polar surface area (TPSA) is 105 Å². The average Bonchev–Trinajstić information content (AvgIpc) is 3.31. The van der Waals surface area contributed by atoms with Crippen LogP contribution in [0.15, 0.2) is 42.5 Å². The highest BCUT2D eigenvalue weighted by Gasteiger charge is 2.27. The molecule has 0 saturated carbocycles. The number of sulfonamides is 1. The largest absolute Gasteiger partial charge is 0.454 e. The molecule has 0 aromatic heterocycles. The number of carbonyl (C=O) groups is 2. The molecule has 9 nitrogen and oxygen atoms in total. The van der Waals surface area contributed by atoms with Gasteiger partial charge in [-0.25, -0.2) is 8.42 Å². The molecule has 1 atom stereocenters. The Morgan fingerprint density at radius 1 is 1.08 bits per heavy atom. The minimum atomic E-state index is -3.62. The molecule has 1 unspecified atom stereocenters. The number of hydrogen-bond acceptors (Lipinski definition) is 6. The Morgan fingerprint density at radius 3 is 2.46 bits per heavy atom.